The Balaban J connectivity index is 2.27. The molecule has 82 valence electrons. The van der Waals surface area contributed by atoms with Gasteiger partial charge in [-0.15, -0.1) is 0 Å². The van der Waals surface area contributed by atoms with Gasteiger partial charge < -0.3 is 11.1 Å². The number of likely N-dealkylation sites (N-methyl/N-ethyl adjacent to an activating group) is 1. The molecule has 1 fully saturated rings. The van der Waals surface area contributed by atoms with Gasteiger partial charge in [-0.05, 0) is 25.9 Å². The van der Waals surface area contributed by atoms with Crippen molar-refractivity contribution in [1.29, 1.82) is 0 Å². The minimum Gasteiger partial charge on any atom is -0.369 e. The maximum absolute atomic E-state index is 10.8. The number of amides is 1. The van der Waals surface area contributed by atoms with Gasteiger partial charge in [0.15, 0.2) is 0 Å². The lowest BCUT2D eigenvalue weighted by atomic mass is 10.0. The Bertz CT molecular complexity index is 178. The van der Waals surface area contributed by atoms with Crippen molar-refractivity contribution in [3.8, 4) is 0 Å². The quantitative estimate of drug-likeness (QED) is 0.652. The molecule has 0 aromatic heterocycles. The van der Waals surface area contributed by atoms with Crippen LogP contribution >= 0.6 is 0 Å². The van der Waals surface area contributed by atoms with Gasteiger partial charge in [0.1, 0.15) is 0 Å². The third kappa shape index (κ3) is 4.07. The minimum atomic E-state index is -0.234. The molecular formula is C10H21N3O. The van der Waals surface area contributed by atoms with E-state index in [2.05, 4.69) is 17.1 Å². The van der Waals surface area contributed by atoms with Gasteiger partial charge in [0, 0.05) is 12.6 Å². The zero-order chi connectivity index (χ0) is 10.4. The standard InChI is InChI=1S/C10H21N3O/c1-2-13(8-10(11)14)7-9-5-3-4-6-12-9/h9,12H,2-8H2,1H3,(H2,11,14). The first-order valence-electron chi connectivity index (χ1n) is 5.46. The summed E-state index contributed by atoms with van der Waals surface area (Å²) in [4.78, 5) is 12.9. The summed E-state index contributed by atoms with van der Waals surface area (Å²) in [7, 11) is 0. The van der Waals surface area contributed by atoms with E-state index in [0.29, 0.717) is 12.6 Å². The van der Waals surface area contributed by atoms with Gasteiger partial charge in [-0.3, -0.25) is 9.69 Å². The number of hydrogen-bond donors (Lipinski definition) is 2. The topological polar surface area (TPSA) is 58.4 Å². The highest BCUT2D eigenvalue weighted by Gasteiger charge is 2.16. The number of carbonyl (C=O) groups excluding carboxylic acids is 1. The van der Waals surface area contributed by atoms with Crippen molar-refractivity contribution in [2.24, 2.45) is 5.73 Å². The Labute approximate surface area is 85.8 Å². The van der Waals surface area contributed by atoms with Crippen molar-refractivity contribution in [2.45, 2.75) is 32.2 Å². The maximum atomic E-state index is 10.8. The minimum absolute atomic E-state index is 0.234. The van der Waals surface area contributed by atoms with Crippen LogP contribution in [0.5, 0.6) is 0 Å². The Morgan fingerprint density at radius 3 is 2.86 bits per heavy atom. The molecule has 0 aromatic rings. The molecule has 0 aromatic carbocycles. The summed E-state index contributed by atoms with van der Waals surface area (Å²) in [5, 5.41) is 3.46. The molecular weight excluding hydrogens is 178 g/mol. The van der Waals surface area contributed by atoms with Crippen molar-refractivity contribution in [1.82, 2.24) is 10.2 Å². The van der Waals surface area contributed by atoms with Crippen LogP contribution in [0.4, 0.5) is 0 Å². The molecule has 1 rings (SSSR count). The van der Waals surface area contributed by atoms with Gasteiger partial charge in [-0.1, -0.05) is 13.3 Å². The highest BCUT2D eigenvalue weighted by molar-refractivity contribution is 5.75. The van der Waals surface area contributed by atoms with Crippen LogP contribution in [0.15, 0.2) is 0 Å². The molecule has 0 saturated carbocycles. The van der Waals surface area contributed by atoms with Gasteiger partial charge in [-0.2, -0.15) is 0 Å². The Morgan fingerprint density at radius 2 is 2.36 bits per heavy atom. The van der Waals surface area contributed by atoms with Gasteiger partial charge in [-0.25, -0.2) is 0 Å². The van der Waals surface area contributed by atoms with E-state index in [1.54, 1.807) is 0 Å². The number of nitrogens with zero attached hydrogens (tertiary/aromatic N) is 1. The monoisotopic (exact) mass is 199 g/mol. The van der Waals surface area contributed by atoms with Crippen molar-refractivity contribution in [3.05, 3.63) is 0 Å². The summed E-state index contributed by atoms with van der Waals surface area (Å²) < 4.78 is 0. The second-order valence-corrected chi connectivity index (χ2v) is 3.94. The third-order valence-electron chi connectivity index (χ3n) is 2.72. The van der Waals surface area contributed by atoms with Crippen molar-refractivity contribution >= 4 is 5.91 Å². The summed E-state index contributed by atoms with van der Waals surface area (Å²) >= 11 is 0. The lowest BCUT2D eigenvalue weighted by Gasteiger charge is -2.29. The molecule has 0 radical (unpaired) electrons. The van der Waals surface area contributed by atoms with Crippen LogP contribution in [0.2, 0.25) is 0 Å². The largest absolute Gasteiger partial charge is 0.369 e. The molecule has 1 saturated heterocycles. The van der Waals surface area contributed by atoms with Gasteiger partial charge >= 0.3 is 0 Å². The Hall–Kier alpha value is -0.610. The van der Waals surface area contributed by atoms with E-state index in [1.807, 2.05) is 0 Å². The summed E-state index contributed by atoms with van der Waals surface area (Å²) in [5.74, 6) is -0.234. The Kier molecular flexibility index (Phi) is 4.90. The average Bonchev–Trinajstić information content (AvgIpc) is 2.17. The second kappa shape index (κ2) is 5.98. The first kappa shape index (κ1) is 11.5. The molecule has 14 heavy (non-hydrogen) atoms. The zero-order valence-corrected chi connectivity index (χ0v) is 8.96. The molecule has 3 N–H and O–H groups in total. The molecule has 1 atom stereocenters. The van der Waals surface area contributed by atoms with Crippen molar-refractivity contribution < 1.29 is 4.79 Å². The molecule has 0 bridgehead atoms. The van der Waals surface area contributed by atoms with Crippen LogP contribution in [-0.2, 0) is 4.79 Å². The first-order valence-corrected chi connectivity index (χ1v) is 5.46. The molecule has 0 aliphatic carbocycles. The van der Waals surface area contributed by atoms with E-state index in [4.69, 9.17) is 5.73 Å². The van der Waals surface area contributed by atoms with Gasteiger partial charge in [0.05, 0.1) is 6.54 Å². The summed E-state index contributed by atoms with van der Waals surface area (Å²) in [6.07, 6.45) is 3.79. The molecule has 1 amide bonds. The molecule has 1 aliphatic heterocycles. The van der Waals surface area contributed by atoms with Crippen LogP contribution in [0.1, 0.15) is 26.2 Å². The number of nitrogens with two attached hydrogens (primary N) is 1. The molecule has 1 aliphatic rings. The van der Waals surface area contributed by atoms with E-state index in [1.165, 1.54) is 19.3 Å². The van der Waals surface area contributed by atoms with Crippen molar-refractivity contribution in [3.63, 3.8) is 0 Å². The highest BCUT2D eigenvalue weighted by Crippen LogP contribution is 2.08. The predicted octanol–water partition coefficient (Wildman–Crippen LogP) is -0.0643. The average molecular weight is 199 g/mol. The number of piperidine rings is 1. The summed E-state index contributed by atoms with van der Waals surface area (Å²) in [6, 6.07) is 0.544. The van der Waals surface area contributed by atoms with Crippen LogP contribution in [0.25, 0.3) is 0 Å². The fourth-order valence-corrected chi connectivity index (χ4v) is 1.92. The van der Waals surface area contributed by atoms with E-state index in [9.17, 15) is 4.79 Å². The SMILES string of the molecule is CCN(CC(N)=O)CC1CCCCN1. The van der Waals surface area contributed by atoms with Crippen LogP contribution < -0.4 is 11.1 Å². The summed E-state index contributed by atoms with van der Waals surface area (Å²) in [5.41, 5.74) is 5.17. The maximum Gasteiger partial charge on any atom is 0.231 e. The smallest absolute Gasteiger partial charge is 0.231 e. The third-order valence-corrected chi connectivity index (χ3v) is 2.72. The van der Waals surface area contributed by atoms with E-state index >= 15 is 0 Å². The lowest BCUT2D eigenvalue weighted by molar-refractivity contribution is -0.119. The van der Waals surface area contributed by atoms with E-state index in [-0.39, 0.29) is 5.91 Å². The van der Waals surface area contributed by atoms with Gasteiger partial charge in [0.2, 0.25) is 5.91 Å². The van der Waals surface area contributed by atoms with Crippen LogP contribution in [0.3, 0.4) is 0 Å². The lowest BCUT2D eigenvalue weighted by Crippen LogP contribution is -2.45. The fourth-order valence-electron chi connectivity index (χ4n) is 1.92. The van der Waals surface area contributed by atoms with Gasteiger partial charge in [0.25, 0.3) is 0 Å². The zero-order valence-electron chi connectivity index (χ0n) is 8.96. The normalized spacial score (nSPS) is 22.6. The highest BCUT2D eigenvalue weighted by atomic mass is 16.1. The number of carbonyl (C=O) groups is 1. The summed E-state index contributed by atoms with van der Waals surface area (Å²) in [6.45, 7) is 5.39. The van der Waals surface area contributed by atoms with E-state index in [0.717, 1.165) is 19.6 Å². The fraction of sp³-hybridized carbons (Fsp3) is 0.900. The second-order valence-electron chi connectivity index (χ2n) is 3.94. The number of rotatable bonds is 5. The van der Waals surface area contributed by atoms with Crippen LogP contribution in [-0.4, -0.2) is 43.0 Å². The van der Waals surface area contributed by atoms with Crippen molar-refractivity contribution in [2.75, 3.05) is 26.2 Å². The number of nitrogens with one attached hydrogen (secondary N) is 1. The Morgan fingerprint density at radius 1 is 1.57 bits per heavy atom. The molecule has 0 spiro atoms. The van der Waals surface area contributed by atoms with Crippen LogP contribution in [0, 0.1) is 0 Å². The molecule has 1 heterocycles. The predicted molar refractivity (Wildman–Crippen MR) is 57.0 cm³/mol. The first-order chi connectivity index (χ1) is 6.72. The number of hydrogen-bond acceptors (Lipinski definition) is 3. The molecule has 4 nitrogen and oxygen atoms in total. The van der Waals surface area contributed by atoms with E-state index < -0.39 is 0 Å². The molecule has 1 unspecified atom stereocenters. The molecule has 4 heteroatoms. The number of primary amides is 1.